The molecule has 0 radical (unpaired) electrons. The summed E-state index contributed by atoms with van der Waals surface area (Å²) in [5, 5.41) is 0. The molecular weight excluding hydrogens is 331 g/mol. The molecule has 1 aliphatic heterocycles. The predicted octanol–water partition coefficient (Wildman–Crippen LogP) is 5.19. The molecule has 0 amide bonds. The third-order valence-electron chi connectivity index (χ3n) is 4.68. The van der Waals surface area contributed by atoms with Gasteiger partial charge in [-0.3, -0.25) is 0 Å². The van der Waals surface area contributed by atoms with Gasteiger partial charge in [-0.2, -0.15) is 0 Å². The van der Waals surface area contributed by atoms with Crippen LogP contribution in [0.1, 0.15) is 41.9 Å². The lowest BCUT2D eigenvalue weighted by Crippen LogP contribution is -2.27. The monoisotopic (exact) mass is 356 g/mol. The molecule has 0 N–H and O–H groups in total. The van der Waals surface area contributed by atoms with E-state index in [4.69, 9.17) is 14.2 Å². The number of hydrogen-bond donors (Lipinski definition) is 0. The van der Waals surface area contributed by atoms with Gasteiger partial charge in [0.25, 0.3) is 0 Å². The summed E-state index contributed by atoms with van der Waals surface area (Å²) in [6.45, 7) is 5.13. The summed E-state index contributed by atoms with van der Waals surface area (Å²) in [5.41, 5.74) is 2.37. The third-order valence-corrected chi connectivity index (χ3v) is 4.68. The maximum atomic E-state index is 14.1. The number of methoxy groups -OCH3 is 1. The highest BCUT2D eigenvalue weighted by molar-refractivity contribution is 5.33. The molecule has 1 atom stereocenters. The van der Waals surface area contributed by atoms with Crippen molar-refractivity contribution in [2.45, 2.75) is 25.2 Å². The fourth-order valence-electron chi connectivity index (χ4n) is 3.21. The van der Waals surface area contributed by atoms with Crippen LogP contribution in [0.15, 0.2) is 61.2 Å². The van der Waals surface area contributed by atoms with Gasteiger partial charge in [0.05, 0.1) is 13.2 Å². The zero-order chi connectivity index (χ0) is 18.4. The topological polar surface area (TPSA) is 27.7 Å². The fraction of sp³-hybridized carbons (Fsp3) is 0.364. The zero-order valence-corrected chi connectivity index (χ0v) is 15.1. The van der Waals surface area contributed by atoms with Gasteiger partial charge < -0.3 is 14.2 Å². The van der Waals surface area contributed by atoms with Crippen LogP contribution in [0.3, 0.4) is 0 Å². The van der Waals surface area contributed by atoms with Crippen molar-refractivity contribution in [1.29, 1.82) is 0 Å². The fourth-order valence-corrected chi connectivity index (χ4v) is 3.21. The summed E-state index contributed by atoms with van der Waals surface area (Å²) in [6, 6.07) is 14.5. The molecule has 138 valence electrons. The average Bonchev–Trinajstić information content (AvgIpc) is 2.69. The maximum absolute atomic E-state index is 14.1. The summed E-state index contributed by atoms with van der Waals surface area (Å²) in [5.74, 6) is 0.149. The summed E-state index contributed by atoms with van der Waals surface area (Å²) < 4.78 is 31.3. The summed E-state index contributed by atoms with van der Waals surface area (Å²) in [7, 11) is 1.59. The minimum Gasteiger partial charge on any atom is -0.372 e. The molecule has 4 heteroatoms. The number of allylic oxidation sites excluding steroid dienone is 1. The zero-order valence-electron chi connectivity index (χ0n) is 15.1. The lowest BCUT2D eigenvalue weighted by Gasteiger charge is -2.29. The van der Waals surface area contributed by atoms with Crippen molar-refractivity contribution in [1.82, 2.24) is 0 Å². The van der Waals surface area contributed by atoms with Gasteiger partial charge in [-0.1, -0.05) is 48.5 Å². The van der Waals surface area contributed by atoms with E-state index in [0.29, 0.717) is 24.7 Å². The Morgan fingerprint density at radius 3 is 2.46 bits per heavy atom. The first-order valence-corrected chi connectivity index (χ1v) is 8.94. The Labute approximate surface area is 154 Å². The molecule has 1 aliphatic rings. The third kappa shape index (κ3) is 4.39. The lowest BCUT2D eigenvalue weighted by molar-refractivity contribution is -0.205. The second kappa shape index (κ2) is 9.08. The predicted molar refractivity (Wildman–Crippen MR) is 99.3 cm³/mol. The second-order valence-electron chi connectivity index (χ2n) is 6.53. The van der Waals surface area contributed by atoms with Crippen molar-refractivity contribution in [2.24, 2.45) is 5.92 Å². The highest BCUT2D eigenvalue weighted by Crippen LogP contribution is 2.31. The molecule has 1 fully saturated rings. The Kier molecular flexibility index (Phi) is 6.56. The first-order valence-electron chi connectivity index (χ1n) is 8.94. The van der Waals surface area contributed by atoms with Crippen LogP contribution in [-0.2, 0) is 14.2 Å². The van der Waals surface area contributed by atoms with Crippen molar-refractivity contribution in [3.05, 3.63) is 83.7 Å². The van der Waals surface area contributed by atoms with Crippen molar-refractivity contribution >= 4 is 0 Å². The normalized spacial score (nSPS) is 21.3. The van der Waals surface area contributed by atoms with Crippen LogP contribution >= 0.6 is 0 Å². The molecule has 26 heavy (non-hydrogen) atoms. The molecule has 1 heterocycles. The standard InChI is InChI=1S/C22H25FO3/c1-3-4-7-16-14-25-22(26-15-16)18-12-10-17(11-13-18)21(24-2)19-8-5-6-9-20(19)23/h3,5-6,8-13,16,21-22H,1,4,7,14-15H2,2H3/t16-,21?,22-. The molecule has 2 aromatic carbocycles. The Morgan fingerprint density at radius 1 is 1.15 bits per heavy atom. The molecule has 0 saturated carbocycles. The number of halogens is 1. The van der Waals surface area contributed by atoms with Gasteiger partial charge in [-0.15, -0.1) is 6.58 Å². The lowest BCUT2D eigenvalue weighted by atomic mass is 9.99. The molecular formula is C22H25FO3. The van der Waals surface area contributed by atoms with Crippen molar-refractivity contribution in [3.63, 3.8) is 0 Å². The molecule has 0 bridgehead atoms. The number of hydrogen-bond acceptors (Lipinski definition) is 3. The van der Waals surface area contributed by atoms with Crippen LogP contribution in [0.4, 0.5) is 4.39 Å². The van der Waals surface area contributed by atoms with E-state index in [9.17, 15) is 4.39 Å². The van der Waals surface area contributed by atoms with E-state index in [1.165, 1.54) is 6.07 Å². The van der Waals surface area contributed by atoms with Crippen LogP contribution in [0.25, 0.3) is 0 Å². The van der Waals surface area contributed by atoms with Crippen molar-refractivity contribution < 1.29 is 18.6 Å². The first-order chi connectivity index (χ1) is 12.7. The molecule has 1 saturated heterocycles. The summed E-state index contributed by atoms with van der Waals surface area (Å²) in [6.07, 6.45) is 3.14. The van der Waals surface area contributed by atoms with E-state index in [2.05, 4.69) is 6.58 Å². The number of ether oxygens (including phenoxy) is 3. The molecule has 1 unspecified atom stereocenters. The Bertz CT molecular complexity index is 706. The van der Waals surface area contributed by atoms with Crippen LogP contribution in [0.2, 0.25) is 0 Å². The first kappa shape index (κ1) is 18.8. The van der Waals surface area contributed by atoms with E-state index in [1.807, 2.05) is 36.4 Å². The molecule has 0 spiro atoms. The maximum Gasteiger partial charge on any atom is 0.183 e. The van der Waals surface area contributed by atoms with Crippen LogP contribution < -0.4 is 0 Å². The molecule has 3 nitrogen and oxygen atoms in total. The molecule has 2 aromatic rings. The number of benzene rings is 2. The quantitative estimate of drug-likeness (QED) is 0.639. The molecule has 3 rings (SSSR count). The smallest absolute Gasteiger partial charge is 0.183 e. The van der Waals surface area contributed by atoms with Gasteiger partial charge in [0, 0.05) is 24.2 Å². The van der Waals surface area contributed by atoms with E-state index in [1.54, 1.807) is 19.2 Å². The van der Waals surface area contributed by atoms with E-state index >= 15 is 0 Å². The second-order valence-corrected chi connectivity index (χ2v) is 6.53. The van der Waals surface area contributed by atoms with E-state index in [-0.39, 0.29) is 12.1 Å². The van der Waals surface area contributed by atoms with Crippen molar-refractivity contribution in [2.75, 3.05) is 20.3 Å². The Morgan fingerprint density at radius 2 is 1.85 bits per heavy atom. The minimum atomic E-state index is -0.443. The largest absolute Gasteiger partial charge is 0.372 e. The van der Waals surface area contributed by atoms with Gasteiger partial charge in [0.15, 0.2) is 6.29 Å². The summed E-state index contributed by atoms with van der Waals surface area (Å²) in [4.78, 5) is 0. The molecule has 0 aliphatic carbocycles. The van der Waals surface area contributed by atoms with Crippen molar-refractivity contribution in [3.8, 4) is 0 Å². The number of rotatable bonds is 7. The van der Waals surface area contributed by atoms with Crippen LogP contribution in [0, 0.1) is 11.7 Å². The van der Waals surface area contributed by atoms with E-state index in [0.717, 1.165) is 24.0 Å². The van der Waals surface area contributed by atoms with Crippen LogP contribution in [-0.4, -0.2) is 20.3 Å². The van der Waals surface area contributed by atoms with Gasteiger partial charge in [0.2, 0.25) is 0 Å². The highest BCUT2D eigenvalue weighted by atomic mass is 19.1. The average molecular weight is 356 g/mol. The van der Waals surface area contributed by atoms with Gasteiger partial charge in [0.1, 0.15) is 11.9 Å². The van der Waals surface area contributed by atoms with Gasteiger partial charge in [-0.25, -0.2) is 4.39 Å². The van der Waals surface area contributed by atoms with Crippen LogP contribution in [0.5, 0.6) is 0 Å². The summed E-state index contributed by atoms with van der Waals surface area (Å²) >= 11 is 0. The van der Waals surface area contributed by atoms with Gasteiger partial charge >= 0.3 is 0 Å². The Balaban J connectivity index is 1.67. The minimum absolute atomic E-state index is 0.270. The Hall–Kier alpha value is -2.01. The SMILES string of the molecule is C=CCC[C@H]1CO[C@H](c2ccc(C(OC)c3ccccc3F)cc2)OC1. The molecule has 0 aromatic heterocycles. The van der Waals surface area contributed by atoms with E-state index < -0.39 is 6.10 Å². The highest BCUT2D eigenvalue weighted by Gasteiger charge is 2.24. The van der Waals surface area contributed by atoms with Gasteiger partial charge in [-0.05, 0) is 24.5 Å².